The van der Waals surface area contributed by atoms with Crippen LogP contribution < -0.4 is 0 Å². The molecule has 0 rings (SSSR count). The average molecular weight is 374 g/mol. The minimum Gasteiger partial charge on any atom is -0.420 e. The molecule has 1 atom stereocenters. The molecular weight excluding hydrogens is 326 g/mol. The van der Waals surface area contributed by atoms with Crippen molar-refractivity contribution in [3.63, 3.8) is 0 Å². The fourth-order valence-electron chi connectivity index (χ4n) is 3.27. The molecule has 0 aromatic heterocycles. The SMILES string of the molecule is CCCN(C)CCCN(CCCN(C)CCC)CC[Si](C)(CC)OC. The van der Waals surface area contributed by atoms with Crippen LogP contribution in [-0.2, 0) is 4.43 Å². The third kappa shape index (κ3) is 13.0. The smallest absolute Gasteiger partial charge is 0.190 e. The van der Waals surface area contributed by atoms with Crippen molar-refractivity contribution in [1.29, 1.82) is 0 Å². The predicted octanol–water partition coefficient (Wildman–Crippen LogP) is 3.99. The van der Waals surface area contributed by atoms with Crippen LogP contribution in [0.15, 0.2) is 0 Å². The predicted molar refractivity (Wildman–Crippen MR) is 115 cm³/mol. The van der Waals surface area contributed by atoms with Crippen molar-refractivity contribution < 1.29 is 4.43 Å². The first-order valence-electron chi connectivity index (χ1n) is 10.5. The molecule has 0 aromatic carbocycles. The Morgan fingerprint density at radius 3 is 1.56 bits per heavy atom. The molecule has 25 heavy (non-hydrogen) atoms. The minimum absolute atomic E-state index is 1.21. The van der Waals surface area contributed by atoms with Gasteiger partial charge in [-0.25, -0.2) is 0 Å². The largest absolute Gasteiger partial charge is 0.420 e. The maximum absolute atomic E-state index is 5.88. The molecule has 0 N–H and O–H groups in total. The van der Waals surface area contributed by atoms with E-state index in [2.05, 4.69) is 56.1 Å². The molecule has 0 saturated heterocycles. The standard InChI is InChI=1S/C20H47N3OSi/c1-8-13-21(4)15-11-17-23(18-12-16-22(5)14-9-2)19-20-25(7,10-3)24-6/h8-20H2,1-7H3. The maximum Gasteiger partial charge on any atom is 0.190 e. The Morgan fingerprint density at radius 1 is 0.720 bits per heavy atom. The van der Waals surface area contributed by atoms with Crippen LogP contribution in [0.4, 0.5) is 0 Å². The van der Waals surface area contributed by atoms with Crippen molar-refractivity contribution in [2.45, 2.75) is 65.1 Å². The average Bonchev–Trinajstić information content (AvgIpc) is 2.59. The Balaban J connectivity index is 4.34. The molecule has 0 aliphatic carbocycles. The van der Waals surface area contributed by atoms with Crippen molar-refractivity contribution in [2.24, 2.45) is 0 Å². The van der Waals surface area contributed by atoms with Crippen LogP contribution in [0.25, 0.3) is 0 Å². The van der Waals surface area contributed by atoms with Crippen molar-refractivity contribution >= 4 is 8.32 Å². The van der Waals surface area contributed by atoms with E-state index in [1.807, 2.05) is 7.11 Å². The highest BCUT2D eigenvalue weighted by Gasteiger charge is 2.25. The summed E-state index contributed by atoms with van der Waals surface area (Å²) in [6.45, 7) is 17.7. The Bertz CT molecular complexity index is 283. The summed E-state index contributed by atoms with van der Waals surface area (Å²) >= 11 is 0. The summed E-state index contributed by atoms with van der Waals surface area (Å²) in [6, 6.07) is 2.48. The Kier molecular flexibility index (Phi) is 15.2. The van der Waals surface area contributed by atoms with Gasteiger partial charge in [-0.2, -0.15) is 0 Å². The minimum atomic E-state index is -1.47. The van der Waals surface area contributed by atoms with Gasteiger partial charge in [0.25, 0.3) is 0 Å². The van der Waals surface area contributed by atoms with E-state index in [9.17, 15) is 0 Å². The van der Waals surface area contributed by atoms with E-state index in [-0.39, 0.29) is 0 Å². The second-order valence-electron chi connectivity index (χ2n) is 7.91. The fraction of sp³-hybridized carbons (Fsp3) is 1.00. The van der Waals surface area contributed by atoms with Gasteiger partial charge in [0.1, 0.15) is 0 Å². The van der Waals surface area contributed by atoms with Gasteiger partial charge in [0.15, 0.2) is 8.32 Å². The van der Waals surface area contributed by atoms with Crippen molar-refractivity contribution in [2.75, 3.05) is 67.0 Å². The quantitative estimate of drug-likeness (QED) is 0.359. The summed E-state index contributed by atoms with van der Waals surface area (Å²) in [7, 11) is 4.95. The van der Waals surface area contributed by atoms with Crippen LogP contribution in [0.3, 0.4) is 0 Å². The van der Waals surface area contributed by atoms with Crippen LogP contribution in [0.2, 0.25) is 18.6 Å². The number of rotatable bonds is 17. The fourth-order valence-corrected chi connectivity index (χ4v) is 4.90. The van der Waals surface area contributed by atoms with Gasteiger partial charge in [0, 0.05) is 7.11 Å². The molecule has 0 radical (unpaired) electrons. The van der Waals surface area contributed by atoms with Gasteiger partial charge in [0.05, 0.1) is 0 Å². The maximum atomic E-state index is 5.88. The molecule has 5 heteroatoms. The highest BCUT2D eigenvalue weighted by Crippen LogP contribution is 2.16. The molecule has 4 nitrogen and oxygen atoms in total. The van der Waals surface area contributed by atoms with E-state index in [0.717, 1.165) is 0 Å². The number of hydrogen-bond donors (Lipinski definition) is 0. The van der Waals surface area contributed by atoms with Crippen LogP contribution in [-0.4, -0.2) is 90.0 Å². The van der Waals surface area contributed by atoms with Gasteiger partial charge in [-0.1, -0.05) is 20.8 Å². The van der Waals surface area contributed by atoms with Crippen molar-refractivity contribution in [3.8, 4) is 0 Å². The molecule has 152 valence electrons. The van der Waals surface area contributed by atoms with E-state index < -0.39 is 8.32 Å². The third-order valence-corrected chi connectivity index (χ3v) is 9.20. The van der Waals surface area contributed by atoms with E-state index >= 15 is 0 Å². The summed E-state index contributed by atoms with van der Waals surface area (Å²) < 4.78 is 5.88. The van der Waals surface area contributed by atoms with Gasteiger partial charge in [0.2, 0.25) is 0 Å². The van der Waals surface area contributed by atoms with Gasteiger partial charge in [-0.15, -0.1) is 0 Å². The van der Waals surface area contributed by atoms with E-state index in [4.69, 9.17) is 4.43 Å². The molecule has 0 saturated carbocycles. The summed E-state index contributed by atoms with van der Waals surface area (Å²) in [4.78, 5) is 7.63. The number of hydrogen-bond acceptors (Lipinski definition) is 4. The number of nitrogens with zero attached hydrogens (tertiary/aromatic N) is 3. The lowest BCUT2D eigenvalue weighted by Gasteiger charge is -2.30. The molecule has 0 heterocycles. The van der Waals surface area contributed by atoms with E-state index in [0.29, 0.717) is 0 Å². The normalized spacial score (nSPS) is 14.6. The van der Waals surface area contributed by atoms with Gasteiger partial charge < -0.3 is 19.1 Å². The molecular formula is C20H47N3OSi. The summed E-state index contributed by atoms with van der Waals surface area (Å²) in [5, 5.41) is 0. The lowest BCUT2D eigenvalue weighted by molar-refractivity contribution is 0.232. The zero-order valence-electron chi connectivity index (χ0n) is 18.4. The van der Waals surface area contributed by atoms with E-state index in [1.165, 1.54) is 83.6 Å². The van der Waals surface area contributed by atoms with Crippen molar-refractivity contribution in [3.05, 3.63) is 0 Å². The second kappa shape index (κ2) is 15.1. The summed E-state index contributed by atoms with van der Waals surface area (Å²) in [5.41, 5.74) is 0. The Hall–Kier alpha value is 0.0569. The molecule has 0 aliphatic rings. The summed E-state index contributed by atoms with van der Waals surface area (Å²) in [5.74, 6) is 0. The Labute approximate surface area is 160 Å². The molecule has 0 bridgehead atoms. The molecule has 1 unspecified atom stereocenters. The van der Waals surface area contributed by atoms with Crippen LogP contribution in [0, 0.1) is 0 Å². The van der Waals surface area contributed by atoms with Crippen molar-refractivity contribution in [1.82, 2.24) is 14.7 Å². The highest BCUT2D eigenvalue weighted by atomic mass is 28.4. The first-order chi connectivity index (χ1) is 11.9. The van der Waals surface area contributed by atoms with E-state index in [1.54, 1.807) is 0 Å². The first-order valence-corrected chi connectivity index (χ1v) is 13.4. The van der Waals surface area contributed by atoms with Crippen LogP contribution in [0.1, 0.15) is 46.5 Å². The highest BCUT2D eigenvalue weighted by molar-refractivity contribution is 6.72. The van der Waals surface area contributed by atoms with Gasteiger partial charge in [-0.3, -0.25) is 0 Å². The molecule has 0 aliphatic heterocycles. The lowest BCUT2D eigenvalue weighted by atomic mass is 10.3. The zero-order chi connectivity index (χ0) is 19.1. The zero-order valence-corrected chi connectivity index (χ0v) is 19.4. The second-order valence-corrected chi connectivity index (χ2v) is 12.4. The molecule has 0 fully saturated rings. The van der Waals surface area contributed by atoms with Crippen LogP contribution >= 0.6 is 0 Å². The first kappa shape index (κ1) is 25.1. The third-order valence-electron chi connectivity index (χ3n) is 5.44. The lowest BCUT2D eigenvalue weighted by Crippen LogP contribution is -2.39. The Morgan fingerprint density at radius 2 is 1.20 bits per heavy atom. The molecule has 0 spiro atoms. The van der Waals surface area contributed by atoms with Gasteiger partial charge in [-0.05, 0) is 104 Å². The monoisotopic (exact) mass is 373 g/mol. The topological polar surface area (TPSA) is 19.0 Å². The van der Waals surface area contributed by atoms with Gasteiger partial charge >= 0.3 is 0 Å². The summed E-state index contributed by atoms with van der Waals surface area (Å²) in [6.07, 6.45) is 5.05. The molecule has 0 amide bonds. The van der Waals surface area contributed by atoms with Crippen LogP contribution in [0.5, 0.6) is 0 Å². The molecule has 0 aromatic rings.